The van der Waals surface area contributed by atoms with Gasteiger partial charge in [-0.2, -0.15) is 0 Å². The van der Waals surface area contributed by atoms with Gasteiger partial charge in [-0.3, -0.25) is 9.59 Å². The number of hydrogen-bond donors (Lipinski definition) is 2. The third-order valence-corrected chi connectivity index (χ3v) is 4.21. The maximum absolute atomic E-state index is 13.0. The van der Waals surface area contributed by atoms with Crippen LogP contribution in [0.3, 0.4) is 0 Å². The molecule has 0 aliphatic carbocycles. The summed E-state index contributed by atoms with van der Waals surface area (Å²) in [5, 5.41) is 5.74. The van der Waals surface area contributed by atoms with Crippen LogP contribution in [-0.4, -0.2) is 35.0 Å². The average molecular weight is 420 g/mol. The first-order valence-electron chi connectivity index (χ1n) is 9.95. The van der Waals surface area contributed by atoms with Crippen molar-refractivity contribution < 1.29 is 19.1 Å². The third kappa shape index (κ3) is 6.53. The van der Waals surface area contributed by atoms with Crippen molar-refractivity contribution >= 4 is 23.5 Å². The summed E-state index contributed by atoms with van der Waals surface area (Å²) < 4.78 is 11.1. The molecule has 160 valence electrons. The molecule has 0 radical (unpaired) electrons. The maximum atomic E-state index is 13.0. The second kappa shape index (κ2) is 11.3. The fourth-order valence-electron chi connectivity index (χ4n) is 2.81. The minimum absolute atomic E-state index is 0.0460. The van der Waals surface area contributed by atoms with Crippen LogP contribution in [0, 0.1) is 0 Å². The predicted molar refractivity (Wildman–Crippen MR) is 117 cm³/mol. The number of rotatable bonds is 10. The van der Waals surface area contributed by atoms with Crippen molar-refractivity contribution in [3.63, 3.8) is 0 Å². The molecule has 0 fully saturated rings. The highest BCUT2D eigenvalue weighted by molar-refractivity contribution is 5.97. The zero-order valence-corrected chi connectivity index (χ0v) is 17.2. The average Bonchev–Trinajstić information content (AvgIpc) is 2.80. The van der Waals surface area contributed by atoms with Gasteiger partial charge >= 0.3 is 5.97 Å². The van der Waals surface area contributed by atoms with Gasteiger partial charge in [-0.05, 0) is 25.1 Å². The molecule has 0 saturated carbocycles. The summed E-state index contributed by atoms with van der Waals surface area (Å²) in [7, 11) is 0. The summed E-state index contributed by atoms with van der Waals surface area (Å²) in [6.07, 6.45) is 2.15. The van der Waals surface area contributed by atoms with Crippen LogP contribution in [0.25, 0.3) is 0 Å². The molecular formula is C23H24N4O4. The van der Waals surface area contributed by atoms with E-state index in [0.29, 0.717) is 29.6 Å². The van der Waals surface area contributed by atoms with Gasteiger partial charge in [-0.1, -0.05) is 42.5 Å². The Morgan fingerprint density at radius 3 is 2.42 bits per heavy atom. The van der Waals surface area contributed by atoms with Gasteiger partial charge in [0, 0.05) is 24.5 Å². The molecule has 1 atom stereocenters. The van der Waals surface area contributed by atoms with Gasteiger partial charge in [-0.15, -0.1) is 0 Å². The smallest absolute Gasteiger partial charge is 0.308 e. The van der Waals surface area contributed by atoms with E-state index in [1.165, 1.54) is 0 Å². The van der Waals surface area contributed by atoms with Gasteiger partial charge in [0.1, 0.15) is 5.75 Å². The number of nitrogens with zero attached hydrogens (tertiary/aromatic N) is 2. The number of aromatic nitrogens is 2. The molecule has 0 spiro atoms. The van der Waals surface area contributed by atoms with E-state index in [9.17, 15) is 9.59 Å². The number of carbonyl (C=O) groups is 2. The number of para-hydroxylation sites is 2. The molecule has 2 aromatic carbocycles. The minimum Gasteiger partial charge on any atom is -0.492 e. The van der Waals surface area contributed by atoms with Crippen molar-refractivity contribution in [1.29, 1.82) is 0 Å². The molecule has 1 aromatic heterocycles. The van der Waals surface area contributed by atoms with Gasteiger partial charge in [0.25, 0.3) is 5.91 Å². The van der Waals surface area contributed by atoms with Crippen LogP contribution in [0.4, 0.5) is 11.6 Å². The molecule has 3 rings (SSSR count). The van der Waals surface area contributed by atoms with E-state index in [0.717, 1.165) is 0 Å². The molecule has 2 N–H and O–H groups in total. The predicted octanol–water partition coefficient (Wildman–Crippen LogP) is 3.60. The standard InChI is InChI=1S/C23H24N4O4/c1-2-30-19-12-7-6-11-18(19)27-22(29)21(17-9-4-3-5-10-17)31-20(28)13-16-26-23-24-14-8-15-25-23/h3-12,14-15,21H,2,13,16H2,1H3,(H,27,29)(H,24,25,26). The lowest BCUT2D eigenvalue weighted by molar-refractivity contribution is -0.154. The lowest BCUT2D eigenvalue weighted by Crippen LogP contribution is -2.26. The molecule has 8 nitrogen and oxygen atoms in total. The Morgan fingerprint density at radius 1 is 0.968 bits per heavy atom. The second-order valence-electron chi connectivity index (χ2n) is 6.45. The lowest BCUT2D eigenvalue weighted by atomic mass is 10.1. The summed E-state index contributed by atoms with van der Waals surface area (Å²) in [6, 6.07) is 17.7. The molecule has 1 amide bonds. The van der Waals surface area contributed by atoms with Crippen LogP contribution in [0.1, 0.15) is 25.0 Å². The molecule has 31 heavy (non-hydrogen) atoms. The van der Waals surface area contributed by atoms with E-state index >= 15 is 0 Å². The number of ether oxygens (including phenoxy) is 2. The van der Waals surface area contributed by atoms with Crippen LogP contribution in [0.15, 0.2) is 73.1 Å². The van der Waals surface area contributed by atoms with Gasteiger partial charge in [0.05, 0.1) is 18.7 Å². The fraction of sp³-hybridized carbons (Fsp3) is 0.217. The van der Waals surface area contributed by atoms with Gasteiger partial charge in [-0.25, -0.2) is 9.97 Å². The molecule has 1 unspecified atom stereocenters. The van der Waals surface area contributed by atoms with Crippen molar-refractivity contribution in [2.24, 2.45) is 0 Å². The van der Waals surface area contributed by atoms with Crippen molar-refractivity contribution in [3.05, 3.63) is 78.6 Å². The molecule has 0 aliphatic rings. The zero-order chi connectivity index (χ0) is 21.9. The van der Waals surface area contributed by atoms with Crippen molar-refractivity contribution in [1.82, 2.24) is 9.97 Å². The molecule has 0 saturated heterocycles. The van der Waals surface area contributed by atoms with E-state index in [-0.39, 0.29) is 13.0 Å². The van der Waals surface area contributed by atoms with E-state index in [4.69, 9.17) is 9.47 Å². The van der Waals surface area contributed by atoms with Crippen molar-refractivity contribution in [3.8, 4) is 5.75 Å². The molecule has 0 aliphatic heterocycles. The minimum atomic E-state index is -1.10. The van der Waals surface area contributed by atoms with E-state index in [2.05, 4.69) is 20.6 Å². The Bertz CT molecular complexity index is 983. The van der Waals surface area contributed by atoms with Crippen LogP contribution in [-0.2, 0) is 14.3 Å². The highest BCUT2D eigenvalue weighted by Crippen LogP contribution is 2.26. The number of amides is 1. The quantitative estimate of drug-likeness (QED) is 0.483. The first kappa shape index (κ1) is 21.8. The number of anilines is 2. The Balaban J connectivity index is 1.67. The largest absolute Gasteiger partial charge is 0.492 e. The zero-order valence-electron chi connectivity index (χ0n) is 17.2. The summed E-state index contributed by atoms with van der Waals surface area (Å²) >= 11 is 0. The van der Waals surface area contributed by atoms with Gasteiger partial charge in [0.2, 0.25) is 12.1 Å². The first-order chi connectivity index (χ1) is 15.2. The number of hydrogen-bond acceptors (Lipinski definition) is 7. The number of benzene rings is 2. The summed E-state index contributed by atoms with van der Waals surface area (Å²) in [5.41, 5.74) is 1.08. The molecular weight excluding hydrogens is 396 g/mol. The Morgan fingerprint density at radius 2 is 1.68 bits per heavy atom. The summed E-state index contributed by atoms with van der Waals surface area (Å²) in [5.74, 6) is -0.0275. The second-order valence-corrected chi connectivity index (χ2v) is 6.45. The van der Waals surface area contributed by atoms with Crippen LogP contribution < -0.4 is 15.4 Å². The number of esters is 1. The van der Waals surface area contributed by atoms with E-state index < -0.39 is 18.0 Å². The Hall–Kier alpha value is -3.94. The Labute approximate surface area is 180 Å². The monoisotopic (exact) mass is 420 g/mol. The van der Waals surface area contributed by atoms with E-state index in [1.807, 2.05) is 19.1 Å². The number of carbonyl (C=O) groups excluding carboxylic acids is 2. The summed E-state index contributed by atoms with van der Waals surface area (Å²) in [4.78, 5) is 33.5. The van der Waals surface area contributed by atoms with Gasteiger partial charge < -0.3 is 20.1 Å². The van der Waals surface area contributed by atoms with E-state index in [1.54, 1.807) is 60.9 Å². The lowest BCUT2D eigenvalue weighted by Gasteiger charge is -2.19. The van der Waals surface area contributed by atoms with Crippen molar-refractivity contribution in [2.45, 2.75) is 19.4 Å². The maximum Gasteiger partial charge on any atom is 0.308 e. The van der Waals surface area contributed by atoms with Crippen LogP contribution in [0.5, 0.6) is 5.75 Å². The van der Waals surface area contributed by atoms with Crippen LogP contribution in [0.2, 0.25) is 0 Å². The fourth-order valence-corrected chi connectivity index (χ4v) is 2.81. The molecule has 3 aromatic rings. The molecule has 1 heterocycles. The number of nitrogens with one attached hydrogen (secondary N) is 2. The SMILES string of the molecule is CCOc1ccccc1NC(=O)C(OC(=O)CCNc1ncccn1)c1ccccc1. The normalized spacial score (nSPS) is 11.3. The topological polar surface area (TPSA) is 102 Å². The highest BCUT2D eigenvalue weighted by atomic mass is 16.5. The van der Waals surface area contributed by atoms with Gasteiger partial charge in [0.15, 0.2) is 0 Å². The first-order valence-corrected chi connectivity index (χ1v) is 9.95. The van der Waals surface area contributed by atoms with Crippen molar-refractivity contribution in [2.75, 3.05) is 23.8 Å². The van der Waals surface area contributed by atoms with Crippen LogP contribution >= 0.6 is 0 Å². The molecule has 8 heteroatoms. The highest BCUT2D eigenvalue weighted by Gasteiger charge is 2.25. The molecule has 0 bridgehead atoms. The Kier molecular flexibility index (Phi) is 7.93. The third-order valence-electron chi connectivity index (χ3n) is 4.21. The summed E-state index contributed by atoms with van der Waals surface area (Å²) in [6.45, 7) is 2.60.